The van der Waals surface area contributed by atoms with Gasteiger partial charge in [-0.05, 0) is 78.1 Å². The van der Waals surface area contributed by atoms with E-state index in [1.807, 2.05) is 12.4 Å². The molecule has 4 nitrogen and oxygen atoms in total. The van der Waals surface area contributed by atoms with Crippen molar-refractivity contribution in [2.45, 2.75) is 32.6 Å². The molecule has 0 amide bonds. The lowest BCUT2D eigenvalue weighted by Gasteiger charge is -2.41. The van der Waals surface area contributed by atoms with E-state index in [2.05, 4.69) is 60.8 Å². The lowest BCUT2D eigenvalue weighted by Crippen LogP contribution is -2.41. The quantitative estimate of drug-likeness (QED) is 0.633. The molecule has 2 aliphatic heterocycles. The third-order valence-corrected chi connectivity index (χ3v) is 6.97. The van der Waals surface area contributed by atoms with Crippen molar-refractivity contribution in [2.75, 3.05) is 36.0 Å². The zero-order valence-electron chi connectivity index (χ0n) is 15.7. The van der Waals surface area contributed by atoms with E-state index in [1.54, 1.807) is 0 Å². The zero-order valence-corrected chi connectivity index (χ0v) is 18.1. The SMILES string of the molecule is Cc1ccc(N2CCC(C3CCN(c4ncc(Br)cn4)CC3)CC2)cc1Cl. The van der Waals surface area contributed by atoms with Gasteiger partial charge in [-0.1, -0.05) is 17.7 Å². The second-order valence-electron chi connectivity index (χ2n) is 7.78. The van der Waals surface area contributed by atoms with Crippen molar-refractivity contribution in [1.82, 2.24) is 9.97 Å². The predicted octanol–water partition coefficient (Wildman–Crippen LogP) is 5.33. The highest BCUT2D eigenvalue weighted by Gasteiger charge is 2.30. The van der Waals surface area contributed by atoms with Gasteiger partial charge in [-0.15, -0.1) is 0 Å². The van der Waals surface area contributed by atoms with Crippen LogP contribution < -0.4 is 9.80 Å². The van der Waals surface area contributed by atoms with Gasteiger partial charge in [0, 0.05) is 49.3 Å². The molecule has 2 saturated heterocycles. The molecule has 1 aromatic carbocycles. The van der Waals surface area contributed by atoms with Crippen LogP contribution in [0, 0.1) is 18.8 Å². The summed E-state index contributed by atoms with van der Waals surface area (Å²) in [7, 11) is 0. The van der Waals surface area contributed by atoms with Crippen molar-refractivity contribution in [2.24, 2.45) is 11.8 Å². The van der Waals surface area contributed by atoms with Gasteiger partial charge in [0.2, 0.25) is 5.95 Å². The molecule has 0 saturated carbocycles. The summed E-state index contributed by atoms with van der Waals surface area (Å²) < 4.78 is 0.933. The zero-order chi connectivity index (χ0) is 18.8. The fourth-order valence-electron chi connectivity index (χ4n) is 4.45. The highest BCUT2D eigenvalue weighted by molar-refractivity contribution is 9.10. The van der Waals surface area contributed by atoms with Gasteiger partial charge < -0.3 is 9.80 Å². The normalized spacial score (nSPS) is 19.5. The maximum absolute atomic E-state index is 6.31. The number of hydrogen-bond donors (Lipinski definition) is 0. The van der Waals surface area contributed by atoms with Gasteiger partial charge in [-0.2, -0.15) is 0 Å². The second kappa shape index (κ2) is 8.36. The van der Waals surface area contributed by atoms with Gasteiger partial charge in [0.05, 0.1) is 4.47 Å². The van der Waals surface area contributed by atoms with E-state index in [0.29, 0.717) is 0 Å². The number of aryl methyl sites for hydroxylation is 1. The van der Waals surface area contributed by atoms with Crippen LogP contribution in [-0.2, 0) is 0 Å². The molecular formula is C21H26BrClN4. The van der Waals surface area contributed by atoms with Crippen LogP contribution in [0.1, 0.15) is 31.2 Å². The molecule has 0 atom stereocenters. The number of benzene rings is 1. The van der Waals surface area contributed by atoms with Crippen molar-refractivity contribution < 1.29 is 0 Å². The van der Waals surface area contributed by atoms with Gasteiger partial charge in [-0.3, -0.25) is 0 Å². The third-order valence-electron chi connectivity index (χ3n) is 6.16. The summed E-state index contributed by atoms with van der Waals surface area (Å²) >= 11 is 9.72. The van der Waals surface area contributed by atoms with Crippen LogP contribution in [0.25, 0.3) is 0 Å². The van der Waals surface area contributed by atoms with Crippen molar-refractivity contribution in [3.05, 3.63) is 45.7 Å². The molecule has 6 heteroatoms. The summed E-state index contributed by atoms with van der Waals surface area (Å²) in [6.07, 6.45) is 8.74. The predicted molar refractivity (Wildman–Crippen MR) is 116 cm³/mol. The van der Waals surface area contributed by atoms with E-state index in [1.165, 1.54) is 31.4 Å². The average Bonchev–Trinajstić information content (AvgIpc) is 2.71. The largest absolute Gasteiger partial charge is 0.371 e. The Kier molecular flexibility index (Phi) is 5.88. The number of anilines is 2. The van der Waals surface area contributed by atoms with Crippen LogP contribution >= 0.6 is 27.5 Å². The van der Waals surface area contributed by atoms with E-state index in [-0.39, 0.29) is 0 Å². The molecule has 27 heavy (non-hydrogen) atoms. The van der Waals surface area contributed by atoms with Crippen molar-refractivity contribution in [3.63, 3.8) is 0 Å². The maximum Gasteiger partial charge on any atom is 0.225 e. The number of halogens is 2. The molecule has 1 aromatic heterocycles. The molecule has 0 bridgehead atoms. The first-order chi connectivity index (χ1) is 13.1. The Balaban J connectivity index is 1.29. The Hall–Kier alpha value is -1.33. The van der Waals surface area contributed by atoms with Crippen LogP contribution in [-0.4, -0.2) is 36.1 Å². The smallest absolute Gasteiger partial charge is 0.225 e. The monoisotopic (exact) mass is 448 g/mol. The summed E-state index contributed by atoms with van der Waals surface area (Å²) in [4.78, 5) is 13.7. The highest BCUT2D eigenvalue weighted by Crippen LogP contribution is 2.35. The molecule has 2 aliphatic rings. The topological polar surface area (TPSA) is 32.3 Å². The Morgan fingerprint density at radius 1 is 0.926 bits per heavy atom. The van der Waals surface area contributed by atoms with Crippen LogP contribution in [0.15, 0.2) is 35.1 Å². The molecule has 3 heterocycles. The molecule has 0 unspecified atom stereocenters. The minimum atomic E-state index is 0.834. The second-order valence-corrected chi connectivity index (χ2v) is 9.11. The van der Waals surface area contributed by atoms with Crippen molar-refractivity contribution in [1.29, 1.82) is 0 Å². The Labute approximate surface area is 175 Å². The summed E-state index contributed by atoms with van der Waals surface area (Å²) in [5.41, 5.74) is 2.42. The van der Waals surface area contributed by atoms with Crippen molar-refractivity contribution >= 4 is 39.2 Å². The van der Waals surface area contributed by atoms with Crippen LogP contribution in [0.4, 0.5) is 11.6 Å². The Bertz CT molecular complexity index is 766. The molecule has 2 aromatic rings. The summed E-state index contributed by atoms with van der Waals surface area (Å²) in [6.45, 7) is 6.48. The fraction of sp³-hybridized carbons (Fsp3) is 0.524. The van der Waals surface area contributed by atoms with Gasteiger partial charge in [-0.25, -0.2) is 9.97 Å². The number of hydrogen-bond acceptors (Lipinski definition) is 4. The first-order valence-electron chi connectivity index (χ1n) is 9.84. The Morgan fingerprint density at radius 2 is 1.48 bits per heavy atom. The highest BCUT2D eigenvalue weighted by atomic mass is 79.9. The standard InChI is InChI=1S/C21H26BrClN4/c1-15-2-3-19(12-20(15)23)26-8-4-16(5-9-26)17-6-10-27(11-7-17)21-24-13-18(22)14-25-21/h2-3,12-14,16-17H,4-11H2,1H3. The summed E-state index contributed by atoms with van der Waals surface area (Å²) in [5, 5.41) is 0.872. The van der Waals surface area contributed by atoms with E-state index in [4.69, 9.17) is 11.6 Å². The van der Waals surface area contributed by atoms with Gasteiger partial charge in [0.1, 0.15) is 0 Å². The minimum Gasteiger partial charge on any atom is -0.371 e. The first kappa shape index (κ1) is 19.0. The van der Waals surface area contributed by atoms with Crippen LogP contribution in [0.5, 0.6) is 0 Å². The molecule has 0 N–H and O–H groups in total. The van der Waals surface area contributed by atoms with Gasteiger partial charge in [0.15, 0.2) is 0 Å². The summed E-state index contributed by atoms with van der Waals surface area (Å²) in [6, 6.07) is 6.45. The minimum absolute atomic E-state index is 0.834. The van der Waals surface area contributed by atoms with Gasteiger partial charge >= 0.3 is 0 Å². The number of nitrogens with zero attached hydrogens (tertiary/aromatic N) is 4. The lowest BCUT2D eigenvalue weighted by atomic mass is 9.79. The third kappa shape index (κ3) is 4.40. The van der Waals surface area contributed by atoms with E-state index in [9.17, 15) is 0 Å². The summed E-state index contributed by atoms with van der Waals surface area (Å²) in [5.74, 6) is 2.54. The molecule has 144 valence electrons. The Morgan fingerprint density at radius 3 is 2.04 bits per heavy atom. The number of aromatic nitrogens is 2. The van der Waals surface area contributed by atoms with Gasteiger partial charge in [0.25, 0.3) is 0 Å². The van der Waals surface area contributed by atoms with E-state index >= 15 is 0 Å². The maximum atomic E-state index is 6.31. The van der Waals surface area contributed by atoms with Crippen LogP contribution in [0.2, 0.25) is 5.02 Å². The first-order valence-corrected chi connectivity index (χ1v) is 11.0. The molecular weight excluding hydrogens is 424 g/mol. The molecule has 0 aliphatic carbocycles. The van der Waals surface area contributed by atoms with E-state index in [0.717, 1.165) is 59.0 Å². The average molecular weight is 450 g/mol. The number of piperidine rings is 2. The molecule has 0 radical (unpaired) electrons. The molecule has 4 rings (SSSR count). The van der Waals surface area contributed by atoms with Crippen LogP contribution in [0.3, 0.4) is 0 Å². The van der Waals surface area contributed by atoms with Crippen molar-refractivity contribution in [3.8, 4) is 0 Å². The molecule has 2 fully saturated rings. The number of rotatable bonds is 3. The molecule has 0 spiro atoms. The van der Waals surface area contributed by atoms with E-state index < -0.39 is 0 Å². The lowest BCUT2D eigenvalue weighted by molar-refractivity contribution is 0.232. The fourth-order valence-corrected chi connectivity index (χ4v) is 4.83.